The molecule has 0 heterocycles. The standard InChI is InChI=1S/C17H16N2O/c1-19(13-15-6-3-2-4-7-15)17(20)16-9-5-8-14(12-16)10-11-18/h2-9,12H,10,13H2,1H3. The second-order valence-electron chi connectivity index (χ2n) is 4.68. The van der Waals surface area contributed by atoms with Crippen LogP contribution < -0.4 is 0 Å². The Labute approximate surface area is 119 Å². The van der Waals surface area contributed by atoms with Crippen LogP contribution in [-0.4, -0.2) is 17.9 Å². The molecule has 0 saturated carbocycles. The van der Waals surface area contributed by atoms with E-state index >= 15 is 0 Å². The van der Waals surface area contributed by atoms with Gasteiger partial charge >= 0.3 is 0 Å². The number of nitrogens with zero attached hydrogens (tertiary/aromatic N) is 2. The molecule has 0 atom stereocenters. The highest BCUT2D eigenvalue weighted by Gasteiger charge is 2.12. The second-order valence-corrected chi connectivity index (χ2v) is 4.68. The molecule has 0 spiro atoms. The summed E-state index contributed by atoms with van der Waals surface area (Å²) in [6, 6.07) is 19.2. The fraction of sp³-hybridized carbons (Fsp3) is 0.176. The first-order valence-corrected chi connectivity index (χ1v) is 6.46. The van der Waals surface area contributed by atoms with Gasteiger partial charge in [-0.2, -0.15) is 5.26 Å². The number of rotatable bonds is 4. The fourth-order valence-electron chi connectivity index (χ4n) is 2.06. The smallest absolute Gasteiger partial charge is 0.253 e. The quantitative estimate of drug-likeness (QED) is 0.852. The van der Waals surface area contributed by atoms with Crippen LogP contribution in [0.2, 0.25) is 0 Å². The first-order valence-electron chi connectivity index (χ1n) is 6.46. The Hall–Kier alpha value is -2.60. The number of hydrogen-bond donors (Lipinski definition) is 0. The molecule has 0 aromatic heterocycles. The van der Waals surface area contributed by atoms with Crippen molar-refractivity contribution < 1.29 is 4.79 Å². The fourth-order valence-corrected chi connectivity index (χ4v) is 2.06. The van der Waals surface area contributed by atoms with E-state index in [1.165, 1.54) is 0 Å². The normalized spacial score (nSPS) is 9.80. The molecule has 3 nitrogen and oxygen atoms in total. The Kier molecular flexibility index (Phi) is 4.52. The van der Waals surface area contributed by atoms with E-state index in [1.807, 2.05) is 42.5 Å². The van der Waals surface area contributed by atoms with Gasteiger partial charge in [0.05, 0.1) is 12.5 Å². The minimum Gasteiger partial charge on any atom is -0.337 e. The maximum Gasteiger partial charge on any atom is 0.253 e. The minimum absolute atomic E-state index is 0.0337. The van der Waals surface area contributed by atoms with Crippen LogP contribution >= 0.6 is 0 Å². The maximum atomic E-state index is 12.3. The number of benzene rings is 2. The van der Waals surface area contributed by atoms with Crippen LogP contribution in [-0.2, 0) is 13.0 Å². The highest BCUT2D eigenvalue weighted by Crippen LogP contribution is 2.11. The van der Waals surface area contributed by atoms with Crippen LogP contribution in [0, 0.1) is 11.3 Å². The van der Waals surface area contributed by atoms with E-state index in [0.29, 0.717) is 18.5 Å². The van der Waals surface area contributed by atoms with Crippen LogP contribution in [0.25, 0.3) is 0 Å². The molecule has 2 aromatic carbocycles. The molecule has 0 N–H and O–H groups in total. The molecule has 0 fully saturated rings. The Morgan fingerprint density at radius 1 is 1.10 bits per heavy atom. The summed E-state index contributed by atoms with van der Waals surface area (Å²) in [7, 11) is 1.78. The lowest BCUT2D eigenvalue weighted by Crippen LogP contribution is -2.26. The molecule has 3 heteroatoms. The van der Waals surface area contributed by atoms with Crippen LogP contribution in [0.3, 0.4) is 0 Å². The summed E-state index contributed by atoms with van der Waals surface area (Å²) >= 11 is 0. The largest absolute Gasteiger partial charge is 0.337 e. The van der Waals surface area contributed by atoms with E-state index in [2.05, 4.69) is 6.07 Å². The summed E-state index contributed by atoms with van der Waals surface area (Å²) in [5.41, 5.74) is 2.58. The van der Waals surface area contributed by atoms with Crippen LogP contribution in [0.1, 0.15) is 21.5 Å². The van der Waals surface area contributed by atoms with Gasteiger partial charge in [0.2, 0.25) is 0 Å². The molecular formula is C17H16N2O. The molecular weight excluding hydrogens is 248 g/mol. The molecule has 0 aliphatic heterocycles. The van der Waals surface area contributed by atoms with E-state index in [-0.39, 0.29) is 5.91 Å². The summed E-state index contributed by atoms with van der Waals surface area (Å²) in [6.07, 6.45) is 0.323. The first kappa shape index (κ1) is 13.8. The molecule has 20 heavy (non-hydrogen) atoms. The van der Waals surface area contributed by atoms with Gasteiger partial charge in [-0.1, -0.05) is 42.5 Å². The van der Waals surface area contributed by atoms with Gasteiger partial charge in [-0.15, -0.1) is 0 Å². The monoisotopic (exact) mass is 264 g/mol. The lowest BCUT2D eigenvalue weighted by atomic mass is 10.1. The minimum atomic E-state index is -0.0337. The topological polar surface area (TPSA) is 44.1 Å². The number of hydrogen-bond acceptors (Lipinski definition) is 2. The van der Waals surface area contributed by atoms with Crippen LogP contribution in [0.5, 0.6) is 0 Å². The van der Waals surface area contributed by atoms with Gasteiger partial charge in [-0.05, 0) is 23.3 Å². The van der Waals surface area contributed by atoms with Crippen molar-refractivity contribution in [2.75, 3.05) is 7.05 Å². The molecule has 0 saturated heterocycles. The predicted octanol–water partition coefficient (Wildman–Crippen LogP) is 3.02. The summed E-state index contributed by atoms with van der Waals surface area (Å²) in [5, 5.41) is 8.71. The van der Waals surface area contributed by atoms with Gasteiger partial charge in [0.15, 0.2) is 0 Å². The summed E-state index contributed by atoms with van der Waals surface area (Å²) < 4.78 is 0. The van der Waals surface area contributed by atoms with Crippen LogP contribution in [0.15, 0.2) is 54.6 Å². The Bertz CT molecular complexity index is 629. The zero-order valence-corrected chi connectivity index (χ0v) is 11.4. The molecule has 0 bridgehead atoms. The molecule has 1 amide bonds. The van der Waals surface area contributed by atoms with Crippen molar-refractivity contribution in [2.24, 2.45) is 0 Å². The average Bonchev–Trinajstić information content (AvgIpc) is 2.48. The van der Waals surface area contributed by atoms with Crippen molar-refractivity contribution in [3.8, 4) is 6.07 Å². The zero-order valence-electron chi connectivity index (χ0n) is 11.4. The lowest BCUT2D eigenvalue weighted by Gasteiger charge is -2.17. The van der Waals surface area contributed by atoms with E-state index in [1.54, 1.807) is 24.1 Å². The third-order valence-corrected chi connectivity index (χ3v) is 3.07. The number of nitriles is 1. The molecule has 100 valence electrons. The third-order valence-electron chi connectivity index (χ3n) is 3.07. The van der Waals surface area contributed by atoms with Crippen molar-refractivity contribution in [3.05, 3.63) is 71.3 Å². The Morgan fingerprint density at radius 3 is 2.50 bits per heavy atom. The zero-order chi connectivity index (χ0) is 14.4. The van der Waals surface area contributed by atoms with E-state index in [4.69, 9.17) is 5.26 Å². The van der Waals surface area contributed by atoms with E-state index in [9.17, 15) is 4.79 Å². The first-order chi connectivity index (χ1) is 9.70. The second kappa shape index (κ2) is 6.53. The van der Waals surface area contributed by atoms with Gasteiger partial charge in [-0.25, -0.2) is 0 Å². The summed E-state index contributed by atoms with van der Waals surface area (Å²) in [5.74, 6) is -0.0337. The SMILES string of the molecule is CN(Cc1ccccc1)C(=O)c1cccc(CC#N)c1. The van der Waals surface area contributed by atoms with Crippen molar-refractivity contribution in [1.29, 1.82) is 5.26 Å². The molecule has 0 aliphatic rings. The number of carbonyl (C=O) groups excluding carboxylic acids is 1. The van der Waals surface area contributed by atoms with Crippen molar-refractivity contribution in [2.45, 2.75) is 13.0 Å². The van der Waals surface area contributed by atoms with Crippen molar-refractivity contribution >= 4 is 5.91 Å². The molecule has 2 aromatic rings. The van der Waals surface area contributed by atoms with Gasteiger partial charge < -0.3 is 4.90 Å². The highest BCUT2D eigenvalue weighted by molar-refractivity contribution is 5.94. The van der Waals surface area contributed by atoms with E-state index in [0.717, 1.165) is 11.1 Å². The average molecular weight is 264 g/mol. The Morgan fingerprint density at radius 2 is 1.80 bits per heavy atom. The maximum absolute atomic E-state index is 12.3. The van der Waals surface area contributed by atoms with Crippen LogP contribution in [0.4, 0.5) is 0 Å². The molecule has 0 unspecified atom stereocenters. The Balaban J connectivity index is 2.11. The molecule has 0 aliphatic carbocycles. The van der Waals surface area contributed by atoms with Gasteiger partial charge in [0.25, 0.3) is 5.91 Å². The number of amides is 1. The molecule has 0 radical (unpaired) electrons. The highest BCUT2D eigenvalue weighted by atomic mass is 16.2. The van der Waals surface area contributed by atoms with Gasteiger partial charge in [0.1, 0.15) is 0 Å². The molecule has 2 rings (SSSR count). The lowest BCUT2D eigenvalue weighted by molar-refractivity contribution is 0.0785. The van der Waals surface area contributed by atoms with Crippen molar-refractivity contribution in [1.82, 2.24) is 4.90 Å². The summed E-state index contributed by atoms with van der Waals surface area (Å²) in [6.45, 7) is 0.572. The number of carbonyl (C=O) groups is 1. The third kappa shape index (κ3) is 3.46. The predicted molar refractivity (Wildman–Crippen MR) is 78.0 cm³/mol. The van der Waals surface area contributed by atoms with E-state index < -0.39 is 0 Å². The van der Waals surface area contributed by atoms with Crippen molar-refractivity contribution in [3.63, 3.8) is 0 Å². The van der Waals surface area contributed by atoms with Gasteiger partial charge in [-0.3, -0.25) is 4.79 Å². The van der Waals surface area contributed by atoms with Gasteiger partial charge in [0, 0.05) is 19.2 Å². The summed E-state index contributed by atoms with van der Waals surface area (Å²) in [4.78, 5) is 14.0.